The summed E-state index contributed by atoms with van der Waals surface area (Å²) in [7, 11) is 0. The zero-order chi connectivity index (χ0) is 19.3. The van der Waals surface area contributed by atoms with E-state index in [9.17, 15) is 0 Å². The average molecular weight is 370 g/mol. The van der Waals surface area contributed by atoms with E-state index in [0.29, 0.717) is 12.5 Å². The minimum Gasteiger partial charge on any atom is -0.486 e. The van der Waals surface area contributed by atoms with Gasteiger partial charge in [0, 0.05) is 6.54 Å². The molecule has 0 saturated carbocycles. The molecule has 0 bridgehead atoms. The van der Waals surface area contributed by atoms with Crippen LogP contribution in [0.15, 0.2) is 78.9 Å². The van der Waals surface area contributed by atoms with Crippen LogP contribution >= 0.6 is 0 Å². The van der Waals surface area contributed by atoms with Crippen molar-refractivity contribution in [1.82, 2.24) is 9.55 Å². The van der Waals surface area contributed by atoms with Crippen LogP contribution in [0.3, 0.4) is 0 Å². The number of hydrogen-bond acceptors (Lipinski definition) is 2. The second kappa shape index (κ2) is 8.30. The first kappa shape index (κ1) is 18.3. The summed E-state index contributed by atoms with van der Waals surface area (Å²) in [6, 6.07) is 27.2. The number of fused-ring (bicyclic) bond motifs is 1. The Morgan fingerprint density at radius 3 is 2.36 bits per heavy atom. The zero-order valence-corrected chi connectivity index (χ0v) is 16.5. The lowest BCUT2D eigenvalue weighted by atomic mass is 9.98. The van der Waals surface area contributed by atoms with Crippen molar-refractivity contribution in [2.24, 2.45) is 0 Å². The van der Waals surface area contributed by atoms with Crippen molar-refractivity contribution in [1.29, 1.82) is 0 Å². The van der Waals surface area contributed by atoms with Crippen LogP contribution in [0.25, 0.3) is 11.0 Å². The van der Waals surface area contributed by atoms with Crippen LogP contribution in [-0.4, -0.2) is 9.55 Å². The zero-order valence-electron chi connectivity index (χ0n) is 16.5. The van der Waals surface area contributed by atoms with Crippen LogP contribution in [0, 0.1) is 0 Å². The summed E-state index contributed by atoms with van der Waals surface area (Å²) in [6.07, 6.45) is 1.16. The predicted octanol–water partition coefficient (Wildman–Crippen LogP) is 6.18. The van der Waals surface area contributed by atoms with Gasteiger partial charge in [-0.25, -0.2) is 4.98 Å². The van der Waals surface area contributed by atoms with Crippen LogP contribution < -0.4 is 4.74 Å². The Bertz CT molecular complexity index is 1040. The lowest BCUT2D eigenvalue weighted by Crippen LogP contribution is -2.08. The second-order valence-corrected chi connectivity index (χ2v) is 7.26. The van der Waals surface area contributed by atoms with E-state index in [2.05, 4.69) is 60.9 Å². The van der Waals surface area contributed by atoms with Gasteiger partial charge < -0.3 is 9.30 Å². The number of benzene rings is 3. The molecule has 3 heteroatoms. The molecule has 3 aromatic carbocycles. The second-order valence-electron chi connectivity index (χ2n) is 7.26. The molecule has 0 aliphatic carbocycles. The van der Waals surface area contributed by atoms with E-state index in [4.69, 9.17) is 9.72 Å². The largest absolute Gasteiger partial charge is 0.486 e. The fourth-order valence-electron chi connectivity index (χ4n) is 3.45. The van der Waals surface area contributed by atoms with E-state index >= 15 is 0 Å². The van der Waals surface area contributed by atoms with E-state index in [1.165, 1.54) is 11.1 Å². The molecule has 0 radical (unpaired) electrons. The molecule has 0 saturated heterocycles. The molecule has 0 fully saturated rings. The quantitative estimate of drug-likeness (QED) is 0.388. The van der Waals surface area contributed by atoms with Crippen LogP contribution in [0.2, 0.25) is 0 Å². The molecule has 0 N–H and O–H groups in total. The summed E-state index contributed by atoms with van der Waals surface area (Å²) in [4.78, 5) is 4.82. The van der Waals surface area contributed by atoms with Gasteiger partial charge >= 0.3 is 0 Å². The van der Waals surface area contributed by atoms with Gasteiger partial charge in [-0.05, 0) is 47.7 Å². The third-order valence-corrected chi connectivity index (χ3v) is 5.35. The molecular weight excluding hydrogens is 344 g/mol. The highest BCUT2D eigenvalue weighted by atomic mass is 16.5. The van der Waals surface area contributed by atoms with Crippen molar-refractivity contribution >= 4 is 11.0 Å². The fourth-order valence-corrected chi connectivity index (χ4v) is 3.45. The van der Waals surface area contributed by atoms with Gasteiger partial charge in [0.2, 0.25) is 0 Å². The van der Waals surface area contributed by atoms with Crippen molar-refractivity contribution < 1.29 is 4.74 Å². The minimum absolute atomic E-state index is 0.448. The third kappa shape index (κ3) is 3.94. The summed E-state index contributed by atoms with van der Waals surface area (Å²) < 4.78 is 8.24. The Kier molecular flexibility index (Phi) is 5.43. The Labute approximate surface area is 166 Å². The predicted molar refractivity (Wildman–Crippen MR) is 115 cm³/mol. The Morgan fingerprint density at radius 2 is 1.61 bits per heavy atom. The van der Waals surface area contributed by atoms with Gasteiger partial charge in [-0.1, -0.05) is 68.4 Å². The molecule has 4 rings (SSSR count). The van der Waals surface area contributed by atoms with Crippen LogP contribution in [-0.2, 0) is 13.2 Å². The molecule has 1 atom stereocenters. The van der Waals surface area contributed by atoms with E-state index < -0.39 is 0 Å². The smallest absolute Gasteiger partial charge is 0.148 e. The van der Waals surface area contributed by atoms with E-state index in [0.717, 1.165) is 35.6 Å². The highest BCUT2D eigenvalue weighted by Gasteiger charge is 2.12. The van der Waals surface area contributed by atoms with Gasteiger partial charge in [0.1, 0.15) is 18.2 Å². The first-order chi connectivity index (χ1) is 13.7. The normalized spacial score (nSPS) is 12.2. The van der Waals surface area contributed by atoms with Crippen molar-refractivity contribution in [2.45, 2.75) is 39.3 Å². The summed E-state index contributed by atoms with van der Waals surface area (Å²) >= 11 is 0. The van der Waals surface area contributed by atoms with Gasteiger partial charge in [0.25, 0.3) is 0 Å². The molecule has 1 aromatic heterocycles. The van der Waals surface area contributed by atoms with Crippen molar-refractivity contribution in [2.75, 3.05) is 0 Å². The highest BCUT2D eigenvalue weighted by Crippen LogP contribution is 2.22. The monoisotopic (exact) mass is 370 g/mol. The molecule has 3 nitrogen and oxygen atoms in total. The van der Waals surface area contributed by atoms with Crippen molar-refractivity contribution in [3.05, 3.63) is 95.8 Å². The molecule has 0 spiro atoms. The van der Waals surface area contributed by atoms with E-state index in [1.54, 1.807) is 0 Å². The number of nitrogens with zero attached hydrogens (tertiary/aromatic N) is 2. The molecule has 142 valence electrons. The van der Waals surface area contributed by atoms with Gasteiger partial charge in [0.15, 0.2) is 0 Å². The molecule has 28 heavy (non-hydrogen) atoms. The molecule has 4 aromatic rings. The number of imidazole rings is 1. The summed E-state index contributed by atoms with van der Waals surface area (Å²) in [6.45, 7) is 5.74. The van der Waals surface area contributed by atoms with Crippen LogP contribution in [0.5, 0.6) is 5.75 Å². The maximum absolute atomic E-state index is 5.98. The third-order valence-electron chi connectivity index (χ3n) is 5.35. The van der Waals surface area contributed by atoms with Crippen molar-refractivity contribution in [3.63, 3.8) is 0 Å². The Balaban J connectivity index is 1.61. The number of aromatic nitrogens is 2. The number of hydrogen-bond donors (Lipinski definition) is 0. The molecular formula is C25H26N2O. The standard InChI is InChI=1S/C25H26N2O/c1-3-19(2)21-15-13-20(14-16-21)17-27-24-12-8-7-11-23(24)26-25(27)18-28-22-9-5-4-6-10-22/h4-16,19H,3,17-18H2,1-2H3/t19-/m0/s1. The van der Waals surface area contributed by atoms with Gasteiger partial charge in [-0.2, -0.15) is 0 Å². The Morgan fingerprint density at radius 1 is 0.893 bits per heavy atom. The molecule has 0 aliphatic rings. The highest BCUT2D eigenvalue weighted by molar-refractivity contribution is 5.76. The summed E-state index contributed by atoms with van der Waals surface area (Å²) in [5, 5.41) is 0. The molecule has 0 unspecified atom stereocenters. The van der Waals surface area contributed by atoms with Crippen molar-refractivity contribution in [3.8, 4) is 5.75 Å². The average Bonchev–Trinajstić information content (AvgIpc) is 3.10. The molecule has 0 aliphatic heterocycles. The lowest BCUT2D eigenvalue weighted by Gasteiger charge is -2.13. The summed E-state index contributed by atoms with van der Waals surface area (Å²) in [5.74, 6) is 2.40. The van der Waals surface area contributed by atoms with Gasteiger partial charge in [0.05, 0.1) is 11.0 Å². The number of para-hydroxylation sites is 3. The van der Waals surface area contributed by atoms with Gasteiger partial charge in [-0.3, -0.25) is 0 Å². The summed E-state index contributed by atoms with van der Waals surface area (Å²) in [5.41, 5.74) is 4.82. The van der Waals surface area contributed by atoms with Crippen LogP contribution in [0.4, 0.5) is 0 Å². The molecule has 0 amide bonds. The van der Waals surface area contributed by atoms with E-state index in [-0.39, 0.29) is 0 Å². The first-order valence-corrected chi connectivity index (χ1v) is 9.95. The van der Waals surface area contributed by atoms with E-state index in [1.807, 2.05) is 36.4 Å². The maximum Gasteiger partial charge on any atom is 0.148 e. The molecule has 1 heterocycles. The SMILES string of the molecule is CC[C@H](C)c1ccc(Cn2c(COc3ccccc3)nc3ccccc32)cc1. The van der Waals surface area contributed by atoms with Gasteiger partial charge in [-0.15, -0.1) is 0 Å². The number of ether oxygens (including phenoxy) is 1. The fraction of sp³-hybridized carbons (Fsp3) is 0.240. The minimum atomic E-state index is 0.448. The first-order valence-electron chi connectivity index (χ1n) is 9.95. The van der Waals surface area contributed by atoms with Crippen LogP contribution in [0.1, 0.15) is 43.1 Å². The maximum atomic E-state index is 5.98. The Hall–Kier alpha value is -3.07. The topological polar surface area (TPSA) is 27.1 Å². The number of rotatable bonds is 7. The lowest BCUT2D eigenvalue weighted by molar-refractivity contribution is 0.291.